The quantitative estimate of drug-likeness (QED) is 0.545. The molecule has 0 aliphatic rings. The monoisotopic (exact) mass is 352 g/mol. The van der Waals surface area contributed by atoms with Gasteiger partial charge in [0.15, 0.2) is 18.2 Å². The Labute approximate surface area is 150 Å². The zero-order valence-corrected chi connectivity index (χ0v) is 14.1. The van der Waals surface area contributed by atoms with Crippen LogP contribution < -0.4 is 14.9 Å². The Balaban J connectivity index is 1.57. The van der Waals surface area contributed by atoms with E-state index in [4.69, 9.17) is 9.47 Å². The van der Waals surface area contributed by atoms with Gasteiger partial charge in [-0.15, -0.1) is 0 Å². The first-order chi connectivity index (χ1) is 12.7. The highest BCUT2D eigenvalue weighted by Gasteiger charge is 2.05. The number of carbonyl (C=O) groups is 1. The second-order valence-corrected chi connectivity index (χ2v) is 5.48. The summed E-state index contributed by atoms with van der Waals surface area (Å²) >= 11 is 0. The molecule has 0 aromatic heterocycles. The van der Waals surface area contributed by atoms with Crippen LogP contribution in [0.25, 0.3) is 10.8 Å². The summed E-state index contributed by atoms with van der Waals surface area (Å²) in [7, 11) is 1.63. The first-order valence-electron chi connectivity index (χ1n) is 7.93. The van der Waals surface area contributed by atoms with E-state index in [2.05, 4.69) is 10.5 Å². The second-order valence-electron chi connectivity index (χ2n) is 5.48. The number of para-hydroxylation sites is 1. The number of carbonyl (C=O) groups excluding carboxylic acids is 1. The highest BCUT2D eigenvalue weighted by Crippen LogP contribution is 2.21. The number of benzene rings is 3. The Kier molecular flexibility index (Phi) is 5.43. The van der Waals surface area contributed by atoms with Crippen LogP contribution >= 0.6 is 0 Å². The van der Waals surface area contributed by atoms with Gasteiger partial charge in [-0.2, -0.15) is 5.10 Å². The molecule has 132 valence electrons. The van der Waals surface area contributed by atoms with Gasteiger partial charge >= 0.3 is 0 Å². The van der Waals surface area contributed by atoms with Gasteiger partial charge in [0.25, 0.3) is 5.91 Å². The van der Waals surface area contributed by atoms with E-state index >= 15 is 0 Å². The van der Waals surface area contributed by atoms with Crippen molar-refractivity contribution in [3.8, 4) is 11.5 Å². The normalized spacial score (nSPS) is 10.8. The Morgan fingerprint density at radius 1 is 1.12 bits per heavy atom. The van der Waals surface area contributed by atoms with Crippen LogP contribution in [0.5, 0.6) is 11.5 Å². The number of methoxy groups -OCH3 is 1. The summed E-state index contributed by atoms with van der Waals surface area (Å²) in [4.78, 5) is 11.7. The maximum absolute atomic E-state index is 13.4. The lowest BCUT2D eigenvalue weighted by atomic mass is 10.1. The molecular weight excluding hydrogens is 335 g/mol. The molecule has 0 aliphatic heterocycles. The number of nitrogens with one attached hydrogen (secondary N) is 1. The molecule has 1 amide bonds. The molecule has 3 aromatic carbocycles. The van der Waals surface area contributed by atoms with Crippen molar-refractivity contribution >= 4 is 22.9 Å². The van der Waals surface area contributed by atoms with Crippen LogP contribution in [0.4, 0.5) is 4.39 Å². The number of hydrogen-bond acceptors (Lipinski definition) is 4. The van der Waals surface area contributed by atoms with E-state index in [0.717, 1.165) is 22.1 Å². The third-order valence-electron chi connectivity index (χ3n) is 3.67. The highest BCUT2D eigenvalue weighted by atomic mass is 19.1. The molecule has 5 nitrogen and oxygen atoms in total. The SMILES string of the molecule is COc1ccc2cc(/C=N\NC(=O)COc3ccccc3F)ccc2c1. The van der Waals surface area contributed by atoms with Crippen LogP contribution in [0.15, 0.2) is 65.8 Å². The lowest BCUT2D eigenvalue weighted by Crippen LogP contribution is -2.24. The van der Waals surface area contributed by atoms with Gasteiger partial charge in [0.2, 0.25) is 0 Å². The third kappa shape index (κ3) is 4.36. The molecule has 0 heterocycles. The van der Waals surface area contributed by atoms with Gasteiger partial charge in [-0.25, -0.2) is 9.82 Å². The van der Waals surface area contributed by atoms with Crippen LogP contribution in [0.3, 0.4) is 0 Å². The first kappa shape index (κ1) is 17.4. The third-order valence-corrected chi connectivity index (χ3v) is 3.67. The first-order valence-corrected chi connectivity index (χ1v) is 7.93. The number of amides is 1. The second kappa shape index (κ2) is 8.11. The van der Waals surface area contributed by atoms with Gasteiger partial charge in [-0.1, -0.05) is 30.3 Å². The van der Waals surface area contributed by atoms with E-state index < -0.39 is 11.7 Å². The Hall–Kier alpha value is -3.41. The van der Waals surface area contributed by atoms with Crippen LogP contribution in [0.1, 0.15) is 5.56 Å². The molecule has 3 aromatic rings. The molecule has 26 heavy (non-hydrogen) atoms. The molecule has 0 saturated carbocycles. The van der Waals surface area contributed by atoms with Gasteiger partial charge in [-0.3, -0.25) is 4.79 Å². The minimum absolute atomic E-state index is 0.0246. The number of halogens is 1. The number of fused-ring (bicyclic) bond motifs is 1. The standard InChI is InChI=1S/C20H17FN2O3/c1-25-17-9-8-15-10-14(6-7-16(15)11-17)12-22-23-20(24)13-26-19-5-3-2-4-18(19)21/h2-12H,13H2,1H3,(H,23,24)/b22-12-. The number of nitrogens with zero attached hydrogens (tertiary/aromatic N) is 1. The van der Waals surface area contributed by atoms with Crippen molar-refractivity contribution < 1.29 is 18.7 Å². The fraction of sp³-hybridized carbons (Fsp3) is 0.100. The van der Waals surface area contributed by atoms with Crippen LogP contribution in [-0.2, 0) is 4.79 Å². The average Bonchev–Trinajstić information content (AvgIpc) is 2.67. The summed E-state index contributed by atoms with van der Waals surface area (Å²) in [5.74, 6) is -0.177. The van der Waals surface area contributed by atoms with E-state index in [-0.39, 0.29) is 12.4 Å². The van der Waals surface area contributed by atoms with Crippen LogP contribution in [0.2, 0.25) is 0 Å². The lowest BCUT2D eigenvalue weighted by molar-refractivity contribution is -0.123. The average molecular weight is 352 g/mol. The van der Waals surface area contributed by atoms with Gasteiger partial charge < -0.3 is 9.47 Å². The molecule has 0 radical (unpaired) electrons. The fourth-order valence-electron chi connectivity index (χ4n) is 2.37. The van der Waals surface area contributed by atoms with Crippen molar-refractivity contribution in [2.24, 2.45) is 5.10 Å². The number of hydrogen-bond donors (Lipinski definition) is 1. The van der Waals surface area contributed by atoms with Crippen molar-refractivity contribution in [3.05, 3.63) is 72.0 Å². The minimum Gasteiger partial charge on any atom is -0.497 e. The minimum atomic E-state index is -0.517. The Morgan fingerprint density at radius 3 is 2.69 bits per heavy atom. The van der Waals surface area contributed by atoms with Gasteiger partial charge in [0.05, 0.1) is 13.3 Å². The predicted octanol–water partition coefficient (Wildman–Crippen LogP) is 3.52. The molecule has 0 saturated heterocycles. The number of ether oxygens (including phenoxy) is 2. The van der Waals surface area contributed by atoms with Gasteiger partial charge in [0.1, 0.15) is 5.75 Å². The molecule has 6 heteroatoms. The number of hydrazone groups is 1. The summed E-state index contributed by atoms with van der Waals surface area (Å²) in [5, 5.41) is 5.97. The van der Waals surface area contributed by atoms with E-state index in [1.807, 2.05) is 36.4 Å². The van der Waals surface area contributed by atoms with E-state index in [0.29, 0.717) is 0 Å². The highest BCUT2D eigenvalue weighted by molar-refractivity contribution is 5.91. The zero-order chi connectivity index (χ0) is 18.4. The smallest absolute Gasteiger partial charge is 0.277 e. The largest absolute Gasteiger partial charge is 0.497 e. The zero-order valence-electron chi connectivity index (χ0n) is 14.1. The van der Waals surface area contributed by atoms with Crippen molar-refractivity contribution in [2.45, 2.75) is 0 Å². The molecule has 0 atom stereocenters. The van der Waals surface area contributed by atoms with E-state index in [1.165, 1.54) is 18.3 Å². The van der Waals surface area contributed by atoms with Crippen molar-refractivity contribution in [1.82, 2.24) is 5.43 Å². The molecule has 0 bridgehead atoms. The van der Waals surface area contributed by atoms with Crippen LogP contribution in [-0.4, -0.2) is 25.8 Å². The molecule has 0 fully saturated rings. The summed E-state index contributed by atoms with van der Waals surface area (Å²) in [6, 6.07) is 17.4. The van der Waals surface area contributed by atoms with E-state index in [9.17, 15) is 9.18 Å². The maximum atomic E-state index is 13.4. The summed E-state index contributed by atoms with van der Waals surface area (Å²) < 4.78 is 23.7. The van der Waals surface area contributed by atoms with Crippen molar-refractivity contribution in [1.29, 1.82) is 0 Å². The van der Waals surface area contributed by atoms with E-state index in [1.54, 1.807) is 19.2 Å². The molecule has 0 aliphatic carbocycles. The van der Waals surface area contributed by atoms with Crippen molar-refractivity contribution in [2.75, 3.05) is 13.7 Å². The molecule has 0 unspecified atom stereocenters. The van der Waals surface area contributed by atoms with Gasteiger partial charge in [-0.05, 0) is 46.7 Å². The molecule has 0 spiro atoms. The molecule has 1 N–H and O–H groups in total. The molecular formula is C20H17FN2O3. The van der Waals surface area contributed by atoms with Gasteiger partial charge in [0, 0.05) is 0 Å². The molecule has 3 rings (SSSR count). The maximum Gasteiger partial charge on any atom is 0.277 e. The fourth-order valence-corrected chi connectivity index (χ4v) is 2.37. The Bertz CT molecular complexity index is 957. The number of rotatable bonds is 6. The summed E-state index contributed by atoms with van der Waals surface area (Å²) in [6.45, 7) is -0.324. The van der Waals surface area contributed by atoms with Crippen LogP contribution in [0, 0.1) is 5.82 Å². The Morgan fingerprint density at radius 2 is 1.88 bits per heavy atom. The lowest BCUT2D eigenvalue weighted by Gasteiger charge is -2.05. The summed E-state index contributed by atoms with van der Waals surface area (Å²) in [6.07, 6.45) is 1.53. The predicted molar refractivity (Wildman–Crippen MR) is 98.1 cm³/mol. The topological polar surface area (TPSA) is 59.9 Å². The summed E-state index contributed by atoms with van der Waals surface area (Å²) in [5.41, 5.74) is 3.18. The van der Waals surface area contributed by atoms with Crippen molar-refractivity contribution in [3.63, 3.8) is 0 Å².